The van der Waals surface area contributed by atoms with Crippen molar-refractivity contribution < 1.29 is 98.0 Å². The molecule has 0 unspecified atom stereocenters. The van der Waals surface area contributed by atoms with Crippen molar-refractivity contribution in [1.29, 1.82) is 0 Å². The van der Waals surface area contributed by atoms with Crippen molar-refractivity contribution in [2.75, 3.05) is 5.73 Å². The summed E-state index contributed by atoms with van der Waals surface area (Å²) in [7, 11) is 0. The molecule has 0 amide bonds. The number of halogens is 2. The number of H-pyrrole nitrogens is 2. The van der Waals surface area contributed by atoms with Crippen LogP contribution in [0.15, 0.2) is 156 Å². The first-order valence-corrected chi connectivity index (χ1v) is 24.9. The summed E-state index contributed by atoms with van der Waals surface area (Å²) in [5.74, 6) is 0.0433. The third kappa shape index (κ3) is 17.6. The largest absolute Gasteiger partial charge is 0.455 e. The molecule has 4 aromatic carbocycles. The second kappa shape index (κ2) is 29.0. The number of ketones is 1. The fraction of sp³-hybridized carbons (Fsp3) is 0.213. The summed E-state index contributed by atoms with van der Waals surface area (Å²) in [5, 5.41) is 9.25. The van der Waals surface area contributed by atoms with Gasteiger partial charge in [0.15, 0.2) is 22.8 Å². The van der Waals surface area contributed by atoms with Crippen molar-refractivity contribution in [2.45, 2.75) is 86.0 Å². The van der Waals surface area contributed by atoms with Gasteiger partial charge in [0.1, 0.15) is 45.8 Å². The predicted molar refractivity (Wildman–Crippen MR) is 304 cm³/mol. The van der Waals surface area contributed by atoms with E-state index in [1.165, 1.54) is 43.6 Å². The SMILES string of the molecule is C.C=C(C)OC(=O)Cc1ccc(Oc2ccnc3[nH]c(=O)cnc23)cc1F.CC(C)(C)c1cc(CC(=O)Cc2ccc(Oc3ccnc4[nH]c(=O)cnc34)cc2F)n(-c2c[c-]ccc2)n1.CC(C)(C)c1cc(N)n(-c2c[c-]ccc2)n1.[Y].[Y]. The van der Waals surface area contributed by atoms with Gasteiger partial charge in [0.05, 0.1) is 36.0 Å². The van der Waals surface area contributed by atoms with Gasteiger partial charge >= 0.3 is 5.97 Å². The number of anilines is 1. The molecular formula is C61H59F2N11O7Y2-2. The number of allylic oxidation sites excluding steroid dienone is 1. The topological polar surface area (TPSA) is 241 Å². The fourth-order valence-electron chi connectivity index (χ4n) is 7.74. The minimum Gasteiger partial charge on any atom is -0.455 e. The Morgan fingerprint density at radius 1 is 0.651 bits per heavy atom. The van der Waals surface area contributed by atoms with Crippen LogP contribution in [0.3, 0.4) is 0 Å². The molecule has 0 aliphatic heterocycles. The molecule has 10 aromatic rings. The first-order valence-electron chi connectivity index (χ1n) is 24.9. The smallest absolute Gasteiger partial charge is 0.315 e. The number of pyridine rings is 2. The van der Waals surface area contributed by atoms with Crippen LogP contribution in [0, 0.1) is 23.8 Å². The van der Waals surface area contributed by atoms with Crippen LogP contribution in [0.5, 0.6) is 23.0 Å². The number of aromatic nitrogens is 10. The van der Waals surface area contributed by atoms with Crippen molar-refractivity contribution in [1.82, 2.24) is 49.5 Å². The average molecular weight is 1270 g/mol. The number of hydrogen-bond donors (Lipinski definition) is 3. The molecule has 0 saturated carbocycles. The zero-order valence-electron chi connectivity index (χ0n) is 46.0. The molecule has 22 heteroatoms. The number of nitrogens with zero attached hydrogens (tertiary/aromatic N) is 8. The number of ether oxygens (including phenoxy) is 3. The Kier molecular flexibility index (Phi) is 23.0. The van der Waals surface area contributed by atoms with Crippen LogP contribution >= 0.6 is 0 Å². The predicted octanol–water partition coefficient (Wildman–Crippen LogP) is 10.9. The molecule has 18 nitrogen and oxygen atoms in total. The van der Waals surface area contributed by atoms with E-state index in [9.17, 15) is 28.0 Å². The number of rotatable bonds is 13. The van der Waals surface area contributed by atoms with E-state index < -0.39 is 17.6 Å². The second-order valence-corrected chi connectivity index (χ2v) is 20.3. The second-order valence-electron chi connectivity index (χ2n) is 20.3. The third-order valence-electron chi connectivity index (χ3n) is 11.7. The summed E-state index contributed by atoms with van der Waals surface area (Å²) in [6.45, 7) is 17.5. The van der Waals surface area contributed by atoms with Crippen LogP contribution in [0.25, 0.3) is 33.7 Å². The molecule has 2 radical (unpaired) electrons. The monoisotopic (exact) mass is 1270 g/mol. The number of aromatic amines is 2. The van der Waals surface area contributed by atoms with Gasteiger partial charge in [0, 0.05) is 138 Å². The van der Waals surface area contributed by atoms with E-state index in [0.717, 1.165) is 46.9 Å². The quantitative estimate of drug-likeness (QED) is 0.0553. The maximum absolute atomic E-state index is 15.0. The number of Topliss-reactive ketones (excluding diaryl/α,β-unsaturated/α-hetero) is 1. The minimum atomic E-state index is -0.610. The Bertz CT molecular complexity index is 4010. The number of nitrogens with two attached hydrogens (primary N) is 1. The Hall–Kier alpha value is -7.77. The van der Waals surface area contributed by atoms with Gasteiger partial charge in [-0.05, 0) is 47.6 Å². The van der Waals surface area contributed by atoms with Crippen LogP contribution in [0.4, 0.5) is 14.6 Å². The summed E-state index contributed by atoms with van der Waals surface area (Å²) in [6, 6.07) is 36.5. The van der Waals surface area contributed by atoms with Gasteiger partial charge in [-0.15, -0.1) is 12.1 Å². The van der Waals surface area contributed by atoms with Gasteiger partial charge in [0.2, 0.25) is 0 Å². The normalized spacial score (nSPS) is 10.9. The number of nitrogen functional groups attached to an aromatic ring is 1. The Balaban J connectivity index is 0.000000243. The third-order valence-corrected chi connectivity index (χ3v) is 11.7. The van der Waals surface area contributed by atoms with Crippen LogP contribution < -0.4 is 26.3 Å². The summed E-state index contributed by atoms with van der Waals surface area (Å²) in [4.78, 5) is 68.7. The number of carbonyl (C=O) groups is 2. The van der Waals surface area contributed by atoms with Crippen LogP contribution in [-0.4, -0.2) is 61.2 Å². The van der Waals surface area contributed by atoms with E-state index in [0.29, 0.717) is 28.4 Å². The maximum atomic E-state index is 15.0. The summed E-state index contributed by atoms with van der Waals surface area (Å²) >= 11 is 0. The number of benzene rings is 4. The summed E-state index contributed by atoms with van der Waals surface area (Å²) in [6.07, 6.45) is 4.93. The van der Waals surface area contributed by atoms with E-state index in [1.54, 1.807) is 33.6 Å². The molecule has 0 aliphatic rings. The van der Waals surface area contributed by atoms with Crippen molar-refractivity contribution in [3.63, 3.8) is 0 Å². The van der Waals surface area contributed by atoms with Crippen molar-refractivity contribution >= 4 is 39.9 Å². The van der Waals surface area contributed by atoms with Gasteiger partial charge in [-0.25, -0.2) is 28.7 Å². The zero-order chi connectivity index (χ0) is 57.3. The Morgan fingerprint density at radius 3 is 1.57 bits per heavy atom. The van der Waals surface area contributed by atoms with E-state index >= 15 is 0 Å². The van der Waals surface area contributed by atoms with Crippen LogP contribution in [0.2, 0.25) is 0 Å². The van der Waals surface area contributed by atoms with Crippen LogP contribution in [0.1, 0.15) is 84.1 Å². The molecular weight excluding hydrogens is 1210 g/mol. The van der Waals surface area contributed by atoms with Crippen LogP contribution in [-0.2, 0) is 110 Å². The van der Waals surface area contributed by atoms with Gasteiger partial charge in [-0.2, -0.15) is 58.7 Å². The number of esters is 1. The van der Waals surface area contributed by atoms with Crippen molar-refractivity contribution in [3.05, 3.63) is 219 Å². The molecule has 0 fully saturated rings. The molecule has 4 N–H and O–H groups in total. The van der Waals surface area contributed by atoms with E-state index in [4.69, 9.17) is 25.0 Å². The molecule has 0 spiro atoms. The zero-order valence-corrected chi connectivity index (χ0v) is 51.6. The summed E-state index contributed by atoms with van der Waals surface area (Å²) < 4.78 is 49.0. The van der Waals surface area contributed by atoms with Gasteiger partial charge in [-0.1, -0.05) is 67.7 Å². The van der Waals surface area contributed by atoms with Crippen molar-refractivity contribution in [3.8, 4) is 34.4 Å². The van der Waals surface area contributed by atoms with Gasteiger partial charge in [-0.3, -0.25) is 28.5 Å². The first-order chi connectivity index (χ1) is 38.1. The van der Waals surface area contributed by atoms with Gasteiger partial charge in [0.25, 0.3) is 11.1 Å². The molecule has 10 rings (SSSR count). The Morgan fingerprint density at radius 2 is 1.12 bits per heavy atom. The standard InChI is InChI=1S/C29H25FN5O3.C18H14FN3O4.C13H16N3.CH4.2Y/c1-29(2,3)25-15-20(35(34-25)19-7-5-4-6-8-19)14-21(36)13-18-9-10-22(16-23(18)30)38-24-11-12-31-28-27(24)32-17-26(37)33-28;1-10(2)25-16(24)7-11-3-4-12(8-13(11)19)26-14-5-6-20-18-17(14)21-9-15(23)22-18;1-13(2,3)11-9-12(14)16(15-11)10-7-5-4-6-8-10;;;/h4-5,7-12,15-17H,13-14H2,1-3H3,(H,31,33,37);3-6,8-9H,1,7H2,2H3,(H,20,22,23);4-5,7-9H,14H2,1-3H3;1H4;;/q-1;;-1;;;. The average Bonchev–Trinajstić information content (AvgIpc) is 4.31. The van der Waals surface area contributed by atoms with Crippen molar-refractivity contribution in [2.24, 2.45) is 0 Å². The van der Waals surface area contributed by atoms with E-state index in [1.807, 2.05) is 54.6 Å². The molecule has 6 aromatic heterocycles. The summed E-state index contributed by atoms with van der Waals surface area (Å²) in [5.41, 5.74) is 11.0. The number of nitrogens with one attached hydrogen (secondary N) is 2. The van der Waals surface area contributed by atoms with E-state index in [-0.39, 0.29) is 160 Å². The van der Waals surface area contributed by atoms with Gasteiger partial charge < -0.3 is 29.9 Å². The molecule has 83 heavy (non-hydrogen) atoms. The number of carbonyl (C=O) groups excluding carboxylic acids is 2. The molecule has 0 saturated heterocycles. The van der Waals surface area contributed by atoms with E-state index in [2.05, 4.69) is 95.3 Å². The maximum Gasteiger partial charge on any atom is 0.315 e. The first kappa shape index (κ1) is 66.0. The molecule has 422 valence electrons. The number of hydrogen-bond acceptors (Lipinski definition) is 14. The minimum absolute atomic E-state index is 0. The fourth-order valence-corrected chi connectivity index (χ4v) is 7.74. The number of fused-ring (bicyclic) bond motifs is 2. The molecule has 6 heterocycles. The molecule has 0 aliphatic carbocycles. The molecule has 0 bridgehead atoms. The Labute approximate surface area is 528 Å². The molecule has 0 atom stereocenters.